The summed E-state index contributed by atoms with van der Waals surface area (Å²) in [6.07, 6.45) is 1.74. The number of hydrogen-bond acceptors (Lipinski definition) is 6. The van der Waals surface area contributed by atoms with Gasteiger partial charge in [0.1, 0.15) is 5.75 Å². The molecule has 0 radical (unpaired) electrons. The van der Waals surface area contributed by atoms with E-state index in [4.69, 9.17) is 4.74 Å². The highest BCUT2D eigenvalue weighted by atomic mass is 32.2. The number of nitrogens with zero attached hydrogens (tertiary/aromatic N) is 3. The third-order valence-electron chi connectivity index (χ3n) is 3.52. The number of hydrogen-bond donors (Lipinski definition) is 0. The van der Waals surface area contributed by atoms with Crippen molar-refractivity contribution in [3.05, 3.63) is 48.8 Å². The van der Waals surface area contributed by atoms with E-state index in [1.54, 1.807) is 29.8 Å². The van der Waals surface area contributed by atoms with Gasteiger partial charge in [-0.1, -0.05) is 23.9 Å². The average Bonchev–Trinajstić information content (AvgIpc) is 3.16. The van der Waals surface area contributed by atoms with Crippen LogP contribution in [-0.2, 0) is 11.8 Å². The minimum Gasteiger partial charge on any atom is -0.426 e. The van der Waals surface area contributed by atoms with Crippen LogP contribution in [-0.4, -0.2) is 26.3 Å². The van der Waals surface area contributed by atoms with Gasteiger partial charge in [0.2, 0.25) is 0 Å². The number of para-hydroxylation sites is 1. The standard InChI is InChI=1S/C17H13N3O2S2/c1-20-10-18-13-8-11(6-7-14(13)20)22-16(21)9-23-17-19-12-4-2-3-5-15(12)24-17/h2-8,10H,9H2,1H3. The van der Waals surface area contributed by atoms with E-state index in [9.17, 15) is 4.79 Å². The van der Waals surface area contributed by atoms with Crippen molar-refractivity contribution >= 4 is 50.3 Å². The van der Waals surface area contributed by atoms with Gasteiger partial charge in [0.25, 0.3) is 0 Å². The summed E-state index contributed by atoms with van der Waals surface area (Å²) >= 11 is 2.98. The summed E-state index contributed by atoms with van der Waals surface area (Å²) in [5.41, 5.74) is 2.76. The summed E-state index contributed by atoms with van der Waals surface area (Å²) in [4.78, 5) is 20.8. The van der Waals surface area contributed by atoms with E-state index in [1.165, 1.54) is 11.8 Å². The first-order valence-electron chi connectivity index (χ1n) is 7.29. The number of benzene rings is 2. The third kappa shape index (κ3) is 3.00. The van der Waals surface area contributed by atoms with Crippen LogP contribution in [0.25, 0.3) is 21.3 Å². The molecule has 120 valence electrons. The molecule has 0 unspecified atom stereocenters. The van der Waals surface area contributed by atoms with Gasteiger partial charge >= 0.3 is 5.97 Å². The summed E-state index contributed by atoms with van der Waals surface area (Å²) in [5, 5.41) is 0. The topological polar surface area (TPSA) is 57.0 Å². The molecular formula is C17H13N3O2S2. The largest absolute Gasteiger partial charge is 0.426 e. The Bertz CT molecular complexity index is 1010. The van der Waals surface area contributed by atoms with E-state index in [0.29, 0.717) is 5.75 Å². The van der Waals surface area contributed by atoms with Gasteiger partial charge in [0, 0.05) is 13.1 Å². The number of imidazole rings is 1. The van der Waals surface area contributed by atoms with Crippen LogP contribution >= 0.6 is 23.1 Å². The Hall–Kier alpha value is -2.38. The van der Waals surface area contributed by atoms with E-state index < -0.39 is 0 Å². The highest BCUT2D eigenvalue weighted by molar-refractivity contribution is 8.01. The van der Waals surface area contributed by atoms with E-state index in [-0.39, 0.29) is 11.7 Å². The molecule has 0 amide bonds. The van der Waals surface area contributed by atoms with Crippen molar-refractivity contribution in [2.24, 2.45) is 7.05 Å². The van der Waals surface area contributed by atoms with Crippen molar-refractivity contribution in [2.75, 3.05) is 5.75 Å². The molecule has 24 heavy (non-hydrogen) atoms. The molecule has 5 nitrogen and oxygen atoms in total. The fourth-order valence-electron chi connectivity index (χ4n) is 2.37. The van der Waals surface area contributed by atoms with Crippen LogP contribution in [0.4, 0.5) is 0 Å². The predicted molar refractivity (Wildman–Crippen MR) is 96.7 cm³/mol. The van der Waals surface area contributed by atoms with Crippen LogP contribution < -0.4 is 4.74 Å². The van der Waals surface area contributed by atoms with E-state index in [2.05, 4.69) is 9.97 Å². The maximum Gasteiger partial charge on any atom is 0.321 e. The smallest absolute Gasteiger partial charge is 0.321 e. The molecule has 0 saturated heterocycles. The van der Waals surface area contributed by atoms with Gasteiger partial charge in [-0.3, -0.25) is 4.79 Å². The quantitative estimate of drug-likeness (QED) is 0.316. The molecule has 4 aromatic rings. The van der Waals surface area contributed by atoms with Crippen LogP contribution in [0, 0.1) is 0 Å². The Labute approximate surface area is 146 Å². The maximum atomic E-state index is 12.1. The number of thioether (sulfide) groups is 1. The monoisotopic (exact) mass is 355 g/mol. The zero-order chi connectivity index (χ0) is 16.5. The number of aromatic nitrogens is 3. The fourth-order valence-corrected chi connectivity index (χ4v) is 4.22. The van der Waals surface area contributed by atoms with Crippen molar-refractivity contribution in [1.29, 1.82) is 0 Å². The molecule has 7 heteroatoms. The van der Waals surface area contributed by atoms with Crippen molar-refractivity contribution in [3.8, 4) is 5.75 Å². The van der Waals surface area contributed by atoms with Gasteiger partial charge in [0.05, 0.1) is 33.3 Å². The van der Waals surface area contributed by atoms with Crippen molar-refractivity contribution in [3.63, 3.8) is 0 Å². The van der Waals surface area contributed by atoms with Crippen LogP contribution in [0.1, 0.15) is 0 Å². The molecule has 0 aliphatic rings. The fraction of sp³-hybridized carbons (Fsp3) is 0.118. The molecule has 0 atom stereocenters. The number of fused-ring (bicyclic) bond motifs is 2. The predicted octanol–water partition coefficient (Wildman–Crippen LogP) is 3.88. The van der Waals surface area contributed by atoms with Crippen molar-refractivity contribution in [1.82, 2.24) is 14.5 Å². The zero-order valence-corrected chi connectivity index (χ0v) is 14.4. The zero-order valence-electron chi connectivity index (χ0n) is 12.8. The molecular weight excluding hydrogens is 342 g/mol. The lowest BCUT2D eigenvalue weighted by Crippen LogP contribution is -2.10. The normalized spacial score (nSPS) is 11.2. The number of carbonyl (C=O) groups is 1. The second-order valence-electron chi connectivity index (χ2n) is 5.22. The first-order chi connectivity index (χ1) is 11.7. The molecule has 0 aliphatic carbocycles. The van der Waals surface area contributed by atoms with Gasteiger partial charge in [-0.2, -0.15) is 0 Å². The Kier molecular flexibility index (Phi) is 3.95. The molecule has 2 aromatic carbocycles. The van der Waals surface area contributed by atoms with Gasteiger partial charge in [-0.05, 0) is 24.3 Å². The summed E-state index contributed by atoms with van der Waals surface area (Å²) in [5.74, 6) is 0.436. The minimum absolute atomic E-state index is 0.222. The van der Waals surface area contributed by atoms with Crippen molar-refractivity contribution < 1.29 is 9.53 Å². The number of aryl methyl sites for hydroxylation is 1. The first-order valence-corrected chi connectivity index (χ1v) is 9.09. The molecule has 0 N–H and O–H groups in total. The van der Waals surface area contributed by atoms with E-state index >= 15 is 0 Å². The molecule has 0 aliphatic heterocycles. The van der Waals surface area contributed by atoms with Crippen LogP contribution in [0.3, 0.4) is 0 Å². The van der Waals surface area contributed by atoms with Crippen LogP contribution in [0.15, 0.2) is 53.1 Å². The SMILES string of the molecule is Cn1cnc2cc(OC(=O)CSc3nc4ccccc4s3)ccc21. The van der Waals surface area contributed by atoms with E-state index in [1.807, 2.05) is 41.9 Å². The number of rotatable bonds is 4. The maximum absolute atomic E-state index is 12.1. The summed E-state index contributed by atoms with van der Waals surface area (Å²) in [6.45, 7) is 0. The molecule has 0 fully saturated rings. The Morgan fingerprint density at radius 1 is 1.25 bits per heavy atom. The van der Waals surface area contributed by atoms with Gasteiger partial charge in [-0.25, -0.2) is 9.97 Å². The average molecular weight is 355 g/mol. The highest BCUT2D eigenvalue weighted by Gasteiger charge is 2.10. The second kappa shape index (κ2) is 6.26. The lowest BCUT2D eigenvalue weighted by Gasteiger charge is -2.03. The summed E-state index contributed by atoms with van der Waals surface area (Å²) in [6, 6.07) is 13.4. The van der Waals surface area contributed by atoms with Crippen LogP contribution in [0.5, 0.6) is 5.75 Å². The first kappa shape index (κ1) is 15.2. The Morgan fingerprint density at radius 2 is 2.12 bits per heavy atom. The number of thiazole rings is 1. The molecule has 0 bridgehead atoms. The third-order valence-corrected chi connectivity index (χ3v) is 5.67. The minimum atomic E-state index is -0.297. The molecule has 2 aromatic heterocycles. The molecule has 0 spiro atoms. The lowest BCUT2D eigenvalue weighted by atomic mass is 10.3. The molecule has 0 saturated carbocycles. The second-order valence-corrected chi connectivity index (χ2v) is 7.47. The van der Waals surface area contributed by atoms with Crippen molar-refractivity contribution in [2.45, 2.75) is 4.34 Å². The Morgan fingerprint density at radius 3 is 3.00 bits per heavy atom. The molecule has 4 rings (SSSR count). The number of carbonyl (C=O) groups excluding carboxylic acids is 1. The molecule has 2 heterocycles. The van der Waals surface area contributed by atoms with Gasteiger partial charge in [0.15, 0.2) is 4.34 Å². The summed E-state index contributed by atoms with van der Waals surface area (Å²) in [7, 11) is 1.93. The lowest BCUT2D eigenvalue weighted by molar-refractivity contribution is -0.131. The highest BCUT2D eigenvalue weighted by Crippen LogP contribution is 2.29. The van der Waals surface area contributed by atoms with E-state index in [0.717, 1.165) is 25.6 Å². The Balaban J connectivity index is 1.41. The number of ether oxygens (including phenoxy) is 1. The summed E-state index contributed by atoms with van der Waals surface area (Å²) < 4.78 is 9.30. The van der Waals surface area contributed by atoms with Gasteiger partial charge in [-0.15, -0.1) is 11.3 Å². The van der Waals surface area contributed by atoms with Gasteiger partial charge < -0.3 is 9.30 Å². The number of esters is 1. The van der Waals surface area contributed by atoms with Crippen LogP contribution in [0.2, 0.25) is 0 Å².